The van der Waals surface area contributed by atoms with Gasteiger partial charge in [-0.3, -0.25) is 14.5 Å². The Hall–Kier alpha value is -1.10. The first-order chi connectivity index (χ1) is 7.49. The molecule has 0 bridgehead atoms. The highest BCUT2D eigenvalue weighted by Crippen LogP contribution is 2.19. The lowest BCUT2D eigenvalue weighted by Gasteiger charge is -2.32. The molecule has 1 saturated heterocycles. The molecule has 0 saturated carbocycles. The average molecular weight is 228 g/mol. The first-order valence-electron chi connectivity index (χ1n) is 5.63. The Kier molecular flexibility index (Phi) is 4.73. The van der Waals surface area contributed by atoms with Crippen molar-refractivity contribution in [2.24, 2.45) is 5.92 Å². The highest BCUT2D eigenvalue weighted by atomic mass is 16.4. The normalized spacial score (nSPS) is 21.8. The van der Waals surface area contributed by atoms with E-state index in [-0.39, 0.29) is 18.2 Å². The second-order valence-electron chi connectivity index (χ2n) is 4.63. The zero-order valence-electron chi connectivity index (χ0n) is 9.98. The van der Waals surface area contributed by atoms with Crippen LogP contribution in [-0.4, -0.2) is 60.5 Å². The molecule has 1 unspecified atom stereocenters. The molecule has 1 atom stereocenters. The Balaban J connectivity index is 2.38. The summed E-state index contributed by atoms with van der Waals surface area (Å²) in [6, 6.07) is 0. The summed E-state index contributed by atoms with van der Waals surface area (Å²) in [6.45, 7) is 2.03. The van der Waals surface area contributed by atoms with Crippen molar-refractivity contribution in [2.75, 3.05) is 33.7 Å². The molecule has 1 rings (SSSR count). The quantitative estimate of drug-likeness (QED) is 0.750. The Morgan fingerprint density at radius 1 is 1.44 bits per heavy atom. The summed E-state index contributed by atoms with van der Waals surface area (Å²) >= 11 is 0. The molecule has 0 spiro atoms. The van der Waals surface area contributed by atoms with Crippen molar-refractivity contribution in [2.45, 2.75) is 19.3 Å². The second kappa shape index (κ2) is 5.84. The summed E-state index contributed by atoms with van der Waals surface area (Å²) in [7, 11) is 3.47. The molecule has 1 fully saturated rings. The van der Waals surface area contributed by atoms with Gasteiger partial charge in [0.1, 0.15) is 0 Å². The van der Waals surface area contributed by atoms with Gasteiger partial charge in [-0.15, -0.1) is 0 Å². The minimum atomic E-state index is -0.745. The van der Waals surface area contributed by atoms with Crippen molar-refractivity contribution in [1.82, 2.24) is 9.80 Å². The van der Waals surface area contributed by atoms with Crippen molar-refractivity contribution >= 4 is 11.9 Å². The maximum absolute atomic E-state index is 11.5. The van der Waals surface area contributed by atoms with E-state index in [0.717, 1.165) is 25.9 Å². The van der Waals surface area contributed by atoms with E-state index in [1.165, 1.54) is 0 Å². The molecule has 5 nitrogen and oxygen atoms in total. The number of hydrogen-bond acceptors (Lipinski definition) is 3. The molecule has 0 aromatic heterocycles. The van der Waals surface area contributed by atoms with Gasteiger partial charge in [0, 0.05) is 27.1 Å². The van der Waals surface area contributed by atoms with Crippen LogP contribution in [0.3, 0.4) is 0 Å². The van der Waals surface area contributed by atoms with E-state index >= 15 is 0 Å². The van der Waals surface area contributed by atoms with Crippen molar-refractivity contribution in [1.29, 1.82) is 0 Å². The number of aliphatic carboxylic acids is 1. The minimum absolute atomic E-state index is 0.0796. The largest absolute Gasteiger partial charge is 0.481 e. The number of amides is 1. The summed E-state index contributed by atoms with van der Waals surface area (Å²) in [5, 5.41) is 8.73. The van der Waals surface area contributed by atoms with Gasteiger partial charge in [-0.05, 0) is 25.3 Å². The number of carbonyl (C=O) groups is 2. The number of carbonyl (C=O) groups excluding carboxylic acids is 1. The highest BCUT2D eigenvalue weighted by Gasteiger charge is 2.23. The molecule has 92 valence electrons. The van der Waals surface area contributed by atoms with Crippen LogP contribution in [0.4, 0.5) is 0 Å². The molecule has 1 aliphatic rings. The second-order valence-corrected chi connectivity index (χ2v) is 4.63. The SMILES string of the molecule is CN(C)C(=O)CN1CCCC(CC(=O)O)C1. The number of rotatable bonds is 4. The van der Waals surface area contributed by atoms with Crippen LogP contribution >= 0.6 is 0 Å². The summed E-state index contributed by atoms with van der Waals surface area (Å²) in [5.41, 5.74) is 0. The summed E-state index contributed by atoms with van der Waals surface area (Å²) in [4.78, 5) is 25.7. The van der Waals surface area contributed by atoms with Gasteiger partial charge in [-0.2, -0.15) is 0 Å². The third-order valence-corrected chi connectivity index (χ3v) is 2.92. The molecule has 16 heavy (non-hydrogen) atoms. The van der Waals surface area contributed by atoms with Gasteiger partial charge in [0.15, 0.2) is 0 Å². The fourth-order valence-corrected chi connectivity index (χ4v) is 2.04. The zero-order valence-corrected chi connectivity index (χ0v) is 9.98. The van der Waals surface area contributed by atoms with Gasteiger partial charge in [0.2, 0.25) is 5.91 Å². The molecule has 1 N–H and O–H groups in total. The third kappa shape index (κ3) is 4.18. The van der Waals surface area contributed by atoms with Crippen molar-refractivity contribution in [3.05, 3.63) is 0 Å². The molecular formula is C11H20N2O3. The highest BCUT2D eigenvalue weighted by molar-refractivity contribution is 5.77. The van der Waals surface area contributed by atoms with Crippen LogP contribution in [0.2, 0.25) is 0 Å². The van der Waals surface area contributed by atoms with E-state index < -0.39 is 5.97 Å². The van der Waals surface area contributed by atoms with Gasteiger partial charge in [-0.1, -0.05) is 0 Å². The monoisotopic (exact) mass is 228 g/mol. The van der Waals surface area contributed by atoms with Gasteiger partial charge >= 0.3 is 5.97 Å². The first-order valence-corrected chi connectivity index (χ1v) is 5.63. The predicted octanol–water partition coefficient (Wildman–Crippen LogP) is 0.261. The van der Waals surface area contributed by atoms with E-state index in [1.807, 2.05) is 0 Å². The molecule has 1 amide bonds. The topological polar surface area (TPSA) is 60.9 Å². The average Bonchev–Trinajstić information content (AvgIpc) is 2.16. The predicted molar refractivity (Wildman–Crippen MR) is 60.1 cm³/mol. The summed E-state index contributed by atoms with van der Waals surface area (Å²) in [5.74, 6) is -0.469. The third-order valence-electron chi connectivity index (χ3n) is 2.92. The fraction of sp³-hybridized carbons (Fsp3) is 0.818. The molecule has 0 aromatic carbocycles. The van der Waals surface area contributed by atoms with Gasteiger partial charge in [0.05, 0.1) is 6.54 Å². The Morgan fingerprint density at radius 2 is 2.12 bits per heavy atom. The van der Waals surface area contributed by atoms with E-state index in [0.29, 0.717) is 6.54 Å². The van der Waals surface area contributed by atoms with Crippen LogP contribution < -0.4 is 0 Å². The van der Waals surface area contributed by atoms with Gasteiger partial charge < -0.3 is 10.0 Å². The molecule has 0 radical (unpaired) electrons. The number of likely N-dealkylation sites (tertiary alicyclic amines) is 1. The van der Waals surface area contributed by atoms with Crippen molar-refractivity contribution in [3.8, 4) is 0 Å². The number of likely N-dealkylation sites (N-methyl/N-ethyl adjacent to an activating group) is 1. The van der Waals surface area contributed by atoms with Crippen LogP contribution in [0.25, 0.3) is 0 Å². The number of carboxylic acid groups (broad SMARTS) is 1. The number of nitrogens with zero attached hydrogens (tertiary/aromatic N) is 2. The molecular weight excluding hydrogens is 208 g/mol. The minimum Gasteiger partial charge on any atom is -0.481 e. The lowest BCUT2D eigenvalue weighted by Crippen LogP contribution is -2.42. The van der Waals surface area contributed by atoms with Gasteiger partial charge in [-0.25, -0.2) is 0 Å². The first kappa shape index (κ1) is 13.0. The zero-order chi connectivity index (χ0) is 12.1. The van der Waals surface area contributed by atoms with Crippen LogP contribution in [0, 0.1) is 5.92 Å². The maximum atomic E-state index is 11.5. The van der Waals surface area contributed by atoms with E-state index in [4.69, 9.17) is 5.11 Å². The Morgan fingerprint density at radius 3 is 2.69 bits per heavy atom. The van der Waals surface area contributed by atoms with Crippen molar-refractivity contribution in [3.63, 3.8) is 0 Å². The Bertz CT molecular complexity index is 266. The van der Waals surface area contributed by atoms with E-state index in [9.17, 15) is 9.59 Å². The molecule has 1 heterocycles. The maximum Gasteiger partial charge on any atom is 0.303 e. The fourth-order valence-electron chi connectivity index (χ4n) is 2.04. The molecule has 0 aromatic rings. The summed E-state index contributed by atoms with van der Waals surface area (Å²) in [6.07, 6.45) is 2.16. The van der Waals surface area contributed by atoms with Crippen LogP contribution in [0.1, 0.15) is 19.3 Å². The Labute approximate surface area is 96.0 Å². The number of hydrogen-bond donors (Lipinski definition) is 1. The van der Waals surface area contributed by atoms with E-state index in [2.05, 4.69) is 4.90 Å². The van der Waals surface area contributed by atoms with Gasteiger partial charge in [0.25, 0.3) is 0 Å². The lowest BCUT2D eigenvalue weighted by atomic mass is 9.95. The van der Waals surface area contributed by atoms with Crippen LogP contribution in [0.5, 0.6) is 0 Å². The smallest absolute Gasteiger partial charge is 0.303 e. The van der Waals surface area contributed by atoms with E-state index in [1.54, 1.807) is 19.0 Å². The molecule has 0 aliphatic carbocycles. The van der Waals surface area contributed by atoms with Crippen LogP contribution in [0.15, 0.2) is 0 Å². The van der Waals surface area contributed by atoms with Crippen LogP contribution in [-0.2, 0) is 9.59 Å². The lowest BCUT2D eigenvalue weighted by molar-refractivity contribution is -0.138. The summed E-state index contributed by atoms with van der Waals surface area (Å²) < 4.78 is 0. The standard InChI is InChI=1S/C11H20N2O3/c1-12(2)10(14)8-13-5-3-4-9(7-13)6-11(15)16/h9H,3-8H2,1-2H3,(H,15,16). The molecule has 5 heteroatoms. The van der Waals surface area contributed by atoms with Crippen molar-refractivity contribution < 1.29 is 14.7 Å². The molecule has 1 aliphatic heterocycles. The number of carboxylic acids is 1. The number of piperidine rings is 1.